The number of aliphatic hydroxyl groups excluding tert-OH is 1. The minimum Gasteiger partial charge on any atom is -0.397 e. The Labute approximate surface area is 89.5 Å². The lowest BCUT2D eigenvalue weighted by Gasteiger charge is -2.26. The van der Waals surface area contributed by atoms with Gasteiger partial charge in [0.1, 0.15) is 0 Å². The van der Waals surface area contributed by atoms with Gasteiger partial charge in [0.05, 0.1) is 29.6 Å². The molecule has 0 saturated heterocycles. The van der Waals surface area contributed by atoms with Crippen LogP contribution in [0, 0.1) is 11.3 Å². The summed E-state index contributed by atoms with van der Waals surface area (Å²) in [4.78, 5) is 1.86. The van der Waals surface area contributed by atoms with E-state index in [4.69, 9.17) is 16.1 Å². The van der Waals surface area contributed by atoms with Crippen molar-refractivity contribution in [3.8, 4) is 6.07 Å². The second-order valence-corrected chi connectivity index (χ2v) is 3.53. The van der Waals surface area contributed by atoms with Crippen LogP contribution in [0.25, 0.3) is 0 Å². The van der Waals surface area contributed by atoms with Gasteiger partial charge in [-0.15, -0.1) is 0 Å². The minimum atomic E-state index is -0.0266. The Kier molecular flexibility index (Phi) is 3.53. The van der Waals surface area contributed by atoms with E-state index in [-0.39, 0.29) is 12.6 Å². The lowest BCUT2D eigenvalue weighted by Crippen LogP contribution is -2.32. The second kappa shape index (κ2) is 4.67. The molecule has 0 radical (unpaired) electrons. The highest BCUT2D eigenvalue weighted by molar-refractivity contribution is 5.69. The molecule has 1 aromatic rings. The van der Waals surface area contributed by atoms with Crippen molar-refractivity contribution in [1.29, 1.82) is 5.26 Å². The molecule has 15 heavy (non-hydrogen) atoms. The molecule has 0 aliphatic heterocycles. The molecular weight excluding hydrogens is 190 g/mol. The maximum atomic E-state index is 9.04. The van der Waals surface area contributed by atoms with Crippen molar-refractivity contribution in [1.82, 2.24) is 0 Å². The Hall–Kier alpha value is -1.73. The van der Waals surface area contributed by atoms with E-state index in [0.29, 0.717) is 11.3 Å². The van der Waals surface area contributed by atoms with Gasteiger partial charge >= 0.3 is 0 Å². The van der Waals surface area contributed by atoms with Crippen LogP contribution in [0.1, 0.15) is 12.5 Å². The minimum absolute atomic E-state index is 0.0266. The molecule has 0 aliphatic carbocycles. The largest absolute Gasteiger partial charge is 0.397 e. The van der Waals surface area contributed by atoms with Gasteiger partial charge in [0.25, 0.3) is 0 Å². The van der Waals surface area contributed by atoms with Gasteiger partial charge in [-0.25, -0.2) is 0 Å². The fourth-order valence-corrected chi connectivity index (χ4v) is 1.28. The van der Waals surface area contributed by atoms with Crippen LogP contribution < -0.4 is 10.6 Å². The van der Waals surface area contributed by atoms with Crippen LogP contribution >= 0.6 is 0 Å². The molecule has 0 amide bonds. The summed E-state index contributed by atoms with van der Waals surface area (Å²) < 4.78 is 0. The van der Waals surface area contributed by atoms with E-state index in [2.05, 4.69) is 6.07 Å². The summed E-state index contributed by atoms with van der Waals surface area (Å²) in [5.74, 6) is 0. The predicted molar refractivity (Wildman–Crippen MR) is 60.5 cm³/mol. The third-order valence-corrected chi connectivity index (χ3v) is 2.46. The third kappa shape index (κ3) is 2.39. The number of rotatable bonds is 3. The molecule has 0 fully saturated rings. The molecule has 0 bridgehead atoms. The molecule has 1 aromatic carbocycles. The molecule has 3 N–H and O–H groups in total. The van der Waals surface area contributed by atoms with Crippen molar-refractivity contribution in [2.24, 2.45) is 0 Å². The monoisotopic (exact) mass is 205 g/mol. The van der Waals surface area contributed by atoms with Crippen molar-refractivity contribution in [2.45, 2.75) is 13.0 Å². The molecule has 0 heterocycles. The van der Waals surface area contributed by atoms with E-state index in [9.17, 15) is 0 Å². The van der Waals surface area contributed by atoms with Crippen molar-refractivity contribution in [2.75, 3.05) is 24.3 Å². The zero-order valence-electron chi connectivity index (χ0n) is 8.94. The number of likely N-dealkylation sites (N-methyl/N-ethyl adjacent to an activating group) is 1. The van der Waals surface area contributed by atoms with Gasteiger partial charge in [0.15, 0.2) is 0 Å². The summed E-state index contributed by atoms with van der Waals surface area (Å²) in [6.45, 7) is 1.94. The van der Waals surface area contributed by atoms with E-state index in [1.807, 2.05) is 18.9 Å². The number of nitriles is 1. The molecule has 0 spiro atoms. The van der Waals surface area contributed by atoms with Crippen molar-refractivity contribution in [3.05, 3.63) is 23.8 Å². The number of anilines is 2. The average molecular weight is 205 g/mol. The summed E-state index contributed by atoms with van der Waals surface area (Å²) in [6.07, 6.45) is 0. The van der Waals surface area contributed by atoms with Crippen molar-refractivity contribution >= 4 is 11.4 Å². The summed E-state index contributed by atoms with van der Waals surface area (Å²) >= 11 is 0. The van der Waals surface area contributed by atoms with Crippen molar-refractivity contribution < 1.29 is 5.11 Å². The first-order chi connectivity index (χ1) is 7.10. The summed E-state index contributed by atoms with van der Waals surface area (Å²) in [7, 11) is 1.84. The van der Waals surface area contributed by atoms with E-state index in [1.165, 1.54) is 0 Å². The van der Waals surface area contributed by atoms with Gasteiger partial charge in [0, 0.05) is 13.1 Å². The Bertz CT molecular complexity index is 384. The number of nitrogens with zero attached hydrogens (tertiary/aromatic N) is 2. The molecule has 0 aliphatic rings. The fraction of sp³-hybridized carbons (Fsp3) is 0.364. The number of nitrogens with two attached hydrogens (primary N) is 1. The van der Waals surface area contributed by atoms with Crippen LogP contribution in [-0.4, -0.2) is 24.8 Å². The summed E-state index contributed by atoms with van der Waals surface area (Å²) in [6, 6.07) is 7.14. The second-order valence-electron chi connectivity index (χ2n) is 3.53. The normalized spacial score (nSPS) is 11.9. The quantitative estimate of drug-likeness (QED) is 0.721. The van der Waals surface area contributed by atoms with Gasteiger partial charge in [-0.05, 0) is 25.1 Å². The predicted octanol–water partition coefficient (Wildman–Crippen LogP) is 0.957. The van der Waals surface area contributed by atoms with Crippen LogP contribution in [0.5, 0.6) is 0 Å². The highest BCUT2D eigenvalue weighted by Gasteiger charge is 2.11. The number of hydrogen-bond acceptors (Lipinski definition) is 4. The summed E-state index contributed by atoms with van der Waals surface area (Å²) in [5.41, 5.74) is 7.75. The van der Waals surface area contributed by atoms with Gasteiger partial charge < -0.3 is 15.7 Å². The number of nitrogen functional groups attached to an aromatic ring is 1. The molecule has 4 nitrogen and oxygen atoms in total. The topological polar surface area (TPSA) is 73.3 Å². The van der Waals surface area contributed by atoms with E-state index >= 15 is 0 Å². The maximum absolute atomic E-state index is 9.04. The number of hydrogen-bond donors (Lipinski definition) is 2. The molecule has 1 rings (SSSR count). The third-order valence-electron chi connectivity index (χ3n) is 2.46. The Morgan fingerprint density at radius 3 is 2.80 bits per heavy atom. The number of aliphatic hydroxyl groups is 1. The van der Waals surface area contributed by atoms with E-state index in [1.54, 1.807) is 18.2 Å². The highest BCUT2D eigenvalue weighted by Crippen LogP contribution is 2.24. The fourth-order valence-electron chi connectivity index (χ4n) is 1.28. The lowest BCUT2D eigenvalue weighted by molar-refractivity contribution is 0.270. The van der Waals surface area contributed by atoms with Crippen LogP contribution in [-0.2, 0) is 0 Å². The molecule has 1 atom stereocenters. The molecular formula is C11H15N3O. The molecule has 0 aromatic heterocycles. The zero-order chi connectivity index (χ0) is 11.4. The van der Waals surface area contributed by atoms with Crippen LogP contribution in [0.2, 0.25) is 0 Å². The molecule has 1 unspecified atom stereocenters. The van der Waals surface area contributed by atoms with Gasteiger partial charge in [-0.3, -0.25) is 0 Å². The van der Waals surface area contributed by atoms with Crippen LogP contribution in [0.3, 0.4) is 0 Å². The Balaban J connectivity index is 3.07. The van der Waals surface area contributed by atoms with Crippen molar-refractivity contribution in [3.63, 3.8) is 0 Å². The average Bonchev–Trinajstić information content (AvgIpc) is 2.27. The molecule has 0 saturated carbocycles. The molecule has 80 valence electrons. The standard InChI is InChI=1S/C11H15N3O/c1-8(7-15)14(2)11-5-9(6-12)3-4-10(11)13/h3-5,8,15H,7,13H2,1-2H3. The van der Waals surface area contributed by atoms with Gasteiger partial charge in [-0.2, -0.15) is 5.26 Å². The highest BCUT2D eigenvalue weighted by atomic mass is 16.3. The van der Waals surface area contributed by atoms with E-state index in [0.717, 1.165) is 5.69 Å². The van der Waals surface area contributed by atoms with Crippen LogP contribution in [0.15, 0.2) is 18.2 Å². The summed E-state index contributed by atoms with van der Waals surface area (Å²) in [5, 5.41) is 17.8. The first-order valence-corrected chi connectivity index (χ1v) is 4.73. The Morgan fingerprint density at radius 2 is 2.27 bits per heavy atom. The lowest BCUT2D eigenvalue weighted by atomic mass is 10.1. The molecule has 4 heteroatoms. The Morgan fingerprint density at radius 1 is 1.60 bits per heavy atom. The first kappa shape index (κ1) is 11.3. The van der Waals surface area contributed by atoms with Gasteiger partial charge in [-0.1, -0.05) is 0 Å². The zero-order valence-corrected chi connectivity index (χ0v) is 8.94. The smallest absolute Gasteiger partial charge is 0.0992 e. The van der Waals surface area contributed by atoms with Crippen LogP contribution in [0.4, 0.5) is 11.4 Å². The SMILES string of the molecule is CC(CO)N(C)c1cc(C#N)ccc1N. The maximum Gasteiger partial charge on any atom is 0.0992 e. The van der Waals surface area contributed by atoms with Gasteiger partial charge in [0.2, 0.25) is 0 Å². The first-order valence-electron chi connectivity index (χ1n) is 4.73. The number of benzene rings is 1. The van der Waals surface area contributed by atoms with E-state index < -0.39 is 0 Å².